The average Bonchev–Trinajstić information content (AvgIpc) is 3.16. The molecule has 2 aromatic carbocycles. The molecule has 1 N–H and O–H groups in total. The summed E-state index contributed by atoms with van der Waals surface area (Å²) < 4.78 is 28.9. The van der Waals surface area contributed by atoms with Crippen LogP contribution in [0.25, 0.3) is 4.85 Å². The fraction of sp³-hybridized carbons (Fsp3) is 0.385. The fourth-order valence-electron chi connectivity index (χ4n) is 5.39. The lowest BCUT2D eigenvalue weighted by atomic mass is 9.85. The number of piperidine rings is 2. The Bertz CT molecular complexity index is 1260. The Morgan fingerprint density at radius 3 is 2.51 bits per heavy atom. The van der Waals surface area contributed by atoms with Crippen LogP contribution < -0.4 is 5.32 Å². The van der Waals surface area contributed by atoms with Gasteiger partial charge < -0.3 is 4.90 Å². The second-order valence-corrected chi connectivity index (χ2v) is 9.36. The number of nitrogens with one attached hydrogen (secondary N) is 1. The molecule has 3 heterocycles. The van der Waals surface area contributed by atoms with Crippen molar-refractivity contribution >= 4 is 23.4 Å². The Morgan fingerprint density at radius 1 is 1.06 bits per heavy atom. The molecular weight excluding hydrogens is 454 g/mol. The number of carbonyl (C=O) groups excluding carboxylic acids is 3. The van der Waals surface area contributed by atoms with Crippen LogP contribution in [0, 0.1) is 18.2 Å². The zero-order valence-corrected chi connectivity index (χ0v) is 19.0. The predicted octanol–water partition coefficient (Wildman–Crippen LogP) is 3.66. The second kappa shape index (κ2) is 9.19. The lowest BCUT2D eigenvalue weighted by Gasteiger charge is -2.33. The van der Waals surface area contributed by atoms with Crippen LogP contribution in [-0.2, 0) is 22.7 Å². The van der Waals surface area contributed by atoms with Crippen LogP contribution in [0.5, 0.6) is 0 Å². The zero-order chi connectivity index (χ0) is 24.7. The molecule has 0 aliphatic carbocycles. The Hall–Kier alpha value is -3.64. The molecule has 2 saturated heterocycles. The van der Waals surface area contributed by atoms with Gasteiger partial charge in [-0.15, -0.1) is 0 Å². The van der Waals surface area contributed by atoms with Crippen LogP contribution in [0.2, 0.25) is 0 Å². The van der Waals surface area contributed by atoms with Gasteiger partial charge in [-0.1, -0.05) is 12.1 Å². The molecule has 0 aromatic heterocycles. The smallest absolute Gasteiger partial charge is 0.255 e. The van der Waals surface area contributed by atoms with Crippen molar-refractivity contribution in [3.05, 3.63) is 75.6 Å². The highest BCUT2D eigenvalue weighted by Crippen LogP contribution is 2.38. The molecule has 180 valence electrons. The van der Waals surface area contributed by atoms with Crippen LogP contribution in [-0.4, -0.2) is 46.7 Å². The molecule has 1 unspecified atom stereocenters. The fourth-order valence-corrected chi connectivity index (χ4v) is 5.39. The molecule has 35 heavy (non-hydrogen) atoms. The van der Waals surface area contributed by atoms with Crippen molar-refractivity contribution in [3.63, 3.8) is 0 Å². The molecule has 7 nitrogen and oxygen atoms in total. The summed E-state index contributed by atoms with van der Waals surface area (Å²) in [5.74, 6) is -2.06. The maximum absolute atomic E-state index is 14.6. The Balaban J connectivity index is 1.30. The van der Waals surface area contributed by atoms with Crippen molar-refractivity contribution < 1.29 is 23.2 Å². The monoisotopic (exact) mass is 478 g/mol. The second-order valence-electron chi connectivity index (χ2n) is 9.36. The summed E-state index contributed by atoms with van der Waals surface area (Å²) in [6.07, 6.45) is 1.87. The van der Waals surface area contributed by atoms with Crippen molar-refractivity contribution in [2.75, 3.05) is 13.1 Å². The standard InChI is InChI=1S/C26H24F2N4O3/c1-29-18-3-2-16(22(28)12-18)13-31-8-6-15(7-9-31)19-10-17(27)11-20-21(19)14-32(26(20)35)23-4-5-24(33)30-25(23)34/h2-3,10-12,15,23H,4-9,13-14H2,(H,30,33,34). The molecule has 3 aliphatic heterocycles. The number of hydrogen-bond acceptors (Lipinski definition) is 4. The van der Waals surface area contributed by atoms with E-state index in [0.29, 0.717) is 25.2 Å². The largest absolute Gasteiger partial charge is 0.322 e. The lowest BCUT2D eigenvalue weighted by Crippen LogP contribution is -2.52. The first-order valence-corrected chi connectivity index (χ1v) is 11.7. The predicted molar refractivity (Wildman–Crippen MR) is 122 cm³/mol. The SMILES string of the molecule is [C-]#[N+]c1ccc(CN2CCC(c3cc(F)cc4c3CN(C3CCC(=O)NC3=O)C4=O)CC2)c(F)c1. The summed E-state index contributed by atoms with van der Waals surface area (Å²) in [6.45, 7) is 9.02. The van der Waals surface area contributed by atoms with Gasteiger partial charge in [-0.3, -0.25) is 24.6 Å². The van der Waals surface area contributed by atoms with Crippen LogP contribution in [0.3, 0.4) is 0 Å². The lowest BCUT2D eigenvalue weighted by molar-refractivity contribution is -0.136. The first-order valence-electron chi connectivity index (χ1n) is 11.7. The van der Waals surface area contributed by atoms with Crippen molar-refractivity contribution in [1.82, 2.24) is 15.1 Å². The third-order valence-electron chi connectivity index (χ3n) is 7.24. The Kier molecular flexibility index (Phi) is 6.07. The number of hydrogen-bond donors (Lipinski definition) is 1. The molecule has 0 radical (unpaired) electrons. The van der Waals surface area contributed by atoms with Crippen molar-refractivity contribution in [1.29, 1.82) is 0 Å². The van der Waals surface area contributed by atoms with E-state index in [9.17, 15) is 23.2 Å². The van der Waals surface area contributed by atoms with Crippen LogP contribution >= 0.6 is 0 Å². The number of imide groups is 1. The van der Waals surface area contributed by atoms with Crippen LogP contribution in [0.1, 0.15) is 58.6 Å². The highest BCUT2D eigenvalue weighted by Gasteiger charge is 2.41. The number of carbonyl (C=O) groups is 3. The summed E-state index contributed by atoms with van der Waals surface area (Å²) in [5.41, 5.74) is 2.63. The maximum atomic E-state index is 14.6. The van der Waals surface area contributed by atoms with E-state index in [4.69, 9.17) is 6.57 Å². The number of nitrogens with zero attached hydrogens (tertiary/aromatic N) is 3. The van der Waals surface area contributed by atoms with Gasteiger partial charge in [0.1, 0.15) is 17.7 Å². The molecule has 5 rings (SSSR count). The number of fused-ring (bicyclic) bond motifs is 1. The number of likely N-dealkylation sites (tertiary alicyclic amines) is 1. The Labute approximate surface area is 201 Å². The number of benzene rings is 2. The van der Waals surface area contributed by atoms with Crippen molar-refractivity contribution in [2.24, 2.45) is 0 Å². The molecule has 3 aliphatic rings. The third kappa shape index (κ3) is 4.42. The summed E-state index contributed by atoms with van der Waals surface area (Å²) in [5, 5.41) is 2.29. The molecular formula is C26H24F2N4O3. The number of amides is 3. The highest BCUT2D eigenvalue weighted by atomic mass is 19.1. The molecule has 2 aromatic rings. The number of halogens is 2. The van der Waals surface area contributed by atoms with Crippen molar-refractivity contribution in [2.45, 2.75) is 50.7 Å². The molecule has 2 fully saturated rings. The zero-order valence-electron chi connectivity index (χ0n) is 19.0. The van der Waals surface area contributed by atoms with Gasteiger partial charge in [0.25, 0.3) is 5.91 Å². The summed E-state index contributed by atoms with van der Waals surface area (Å²) >= 11 is 0. The Morgan fingerprint density at radius 2 is 1.83 bits per heavy atom. The number of rotatable bonds is 4. The molecule has 1 atom stereocenters. The summed E-state index contributed by atoms with van der Waals surface area (Å²) in [6, 6.07) is 6.48. The van der Waals surface area contributed by atoms with Gasteiger partial charge in [-0.2, -0.15) is 0 Å². The summed E-state index contributed by atoms with van der Waals surface area (Å²) in [7, 11) is 0. The molecule has 0 spiro atoms. The summed E-state index contributed by atoms with van der Waals surface area (Å²) in [4.78, 5) is 43.7. The highest BCUT2D eigenvalue weighted by molar-refractivity contribution is 6.05. The van der Waals surface area contributed by atoms with E-state index < -0.39 is 23.6 Å². The van der Waals surface area contributed by atoms with Gasteiger partial charge in [0, 0.05) is 25.1 Å². The topological polar surface area (TPSA) is 74.1 Å². The van der Waals surface area contributed by atoms with E-state index in [1.807, 2.05) is 0 Å². The van der Waals surface area contributed by atoms with E-state index >= 15 is 0 Å². The van der Waals surface area contributed by atoms with Gasteiger partial charge >= 0.3 is 0 Å². The average molecular weight is 478 g/mol. The van der Waals surface area contributed by atoms with Gasteiger partial charge in [0.2, 0.25) is 11.8 Å². The van der Waals surface area contributed by atoms with E-state index in [-0.39, 0.29) is 48.4 Å². The van der Waals surface area contributed by atoms with E-state index in [1.54, 1.807) is 12.1 Å². The van der Waals surface area contributed by atoms with E-state index in [2.05, 4.69) is 15.1 Å². The minimum Gasteiger partial charge on any atom is -0.322 e. The van der Waals surface area contributed by atoms with Gasteiger partial charge in [0.05, 0.1) is 6.57 Å². The van der Waals surface area contributed by atoms with E-state index in [0.717, 1.165) is 24.0 Å². The molecule has 9 heteroatoms. The normalized spacial score (nSPS) is 21.1. The van der Waals surface area contributed by atoms with Crippen LogP contribution in [0.4, 0.5) is 14.5 Å². The van der Waals surface area contributed by atoms with Gasteiger partial charge in [-0.05, 0) is 73.2 Å². The first kappa shape index (κ1) is 23.1. The van der Waals surface area contributed by atoms with Gasteiger partial charge in [-0.25, -0.2) is 13.6 Å². The minimum atomic E-state index is -0.741. The molecule has 0 bridgehead atoms. The first-order chi connectivity index (χ1) is 16.8. The maximum Gasteiger partial charge on any atom is 0.255 e. The van der Waals surface area contributed by atoms with Crippen molar-refractivity contribution in [3.8, 4) is 0 Å². The molecule has 3 amide bonds. The third-order valence-corrected chi connectivity index (χ3v) is 7.24. The van der Waals surface area contributed by atoms with E-state index in [1.165, 1.54) is 23.1 Å². The van der Waals surface area contributed by atoms with Crippen LogP contribution in [0.15, 0.2) is 30.3 Å². The minimum absolute atomic E-state index is 0.0412. The van der Waals surface area contributed by atoms with Gasteiger partial charge in [0.15, 0.2) is 5.69 Å². The molecule has 0 saturated carbocycles. The quantitative estimate of drug-likeness (QED) is 0.538.